The smallest absolute Gasteiger partial charge is 0.241 e. The maximum Gasteiger partial charge on any atom is 0.241 e. The van der Waals surface area contributed by atoms with Gasteiger partial charge >= 0.3 is 0 Å². The van der Waals surface area contributed by atoms with Gasteiger partial charge in [0.1, 0.15) is 0 Å². The highest BCUT2D eigenvalue weighted by atomic mass is 16.2. The number of primary amides is 1. The highest BCUT2D eigenvalue weighted by molar-refractivity contribution is 5.95. The van der Waals surface area contributed by atoms with Gasteiger partial charge in [-0.15, -0.1) is 0 Å². The lowest BCUT2D eigenvalue weighted by Gasteiger charge is -2.17. The van der Waals surface area contributed by atoms with E-state index in [4.69, 9.17) is 5.73 Å². The summed E-state index contributed by atoms with van der Waals surface area (Å²) in [5.41, 5.74) is 6.78. The van der Waals surface area contributed by atoms with E-state index in [0.717, 1.165) is 24.2 Å². The summed E-state index contributed by atoms with van der Waals surface area (Å²) in [6, 6.07) is 7.21. The molecule has 112 valence electrons. The van der Waals surface area contributed by atoms with Crippen molar-refractivity contribution in [3.63, 3.8) is 0 Å². The molecule has 1 saturated carbocycles. The van der Waals surface area contributed by atoms with E-state index in [9.17, 15) is 9.59 Å². The number of fused-ring (bicyclic) bond motifs is 1. The van der Waals surface area contributed by atoms with Gasteiger partial charge in [-0.2, -0.15) is 0 Å². The fourth-order valence-electron chi connectivity index (χ4n) is 3.60. The van der Waals surface area contributed by atoms with E-state index in [1.165, 1.54) is 12.8 Å². The second-order valence-electron chi connectivity index (χ2n) is 6.07. The molecule has 3 rings (SSSR count). The highest BCUT2D eigenvalue weighted by Gasteiger charge is 2.42. The minimum Gasteiger partial charge on any atom is -0.369 e. The molecule has 1 aromatic rings. The van der Waals surface area contributed by atoms with Crippen molar-refractivity contribution in [3.8, 4) is 0 Å². The van der Waals surface area contributed by atoms with Crippen LogP contribution in [0.15, 0.2) is 24.3 Å². The summed E-state index contributed by atoms with van der Waals surface area (Å²) in [6.07, 6.45) is 3.85. The Balaban J connectivity index is 1.61. The average Bonchev–Trinajstić information content (AvgIpc) is 3.02. The van der Waals surface area contributed by atoms with Crippen molar-refractivity contribution in [1.82, 2.24) is 5.32 Å². The molecule has 0 spiro atoms. The molecular weight excluding hydrogens is 266 g/mol. The molecule has 2 amide bonds. The molecule has 2 fully saturated rings. The quantitative estimate of drug-likeness (QED) is 0.773. The van der Waals surface area contributed by atoms with Crippen molar-refractivity contribution in [2.75, 3.05) is 11.9 Å². The van der Waals surface area contributed by atoms with Crippen LogP contribution >= 0.6 is 0 Å². The molecule has 3 atom stereocenters. The number of hydrogen-bond acceptors (Lipinski definition) is 3. The molecule has 3 unspecified atom stereocenters. The van der Waals surface area contributed by atoms with Crippen LogP contribution in [0, 0.1) is 11.8 Å². The maximum absolute atomic E-state index is 12.4. The second-order valence-corrected chi connectivity index (χ2v) is 6.07. The largest absolute Gasteiger partial charge is 0.369 e. The second kappa shape index (κ2) is 5.85. The van der Waals surface area contributed by atoms with Gasteiger partial charge in [0.05, 0.1) is 12.5 Å². The molecule has 0 bridgehead atoms. The standard InChI is InChI=1S/C16H21N3O2/c17-14(20)8-10-4-6-12(7-5-10)19-16(21)15-13-3-1-2-11(13)9-18-15/h4-7,11,13,15,18H,1-3,8-9H2,(H2,17,20)(H,19,21). The summed E-state index contributed by atoms with van der Waals surface area (Å²) in [5.74, 6) is 0.846. The molecular formula is C16H21N3O2. The van der Waals surface area contributed by atoms with E-state index in [2.05, 4.69) is 10.6 Å². The number of anilines is 1. The zero-order valence-electron chi connectivity index (χ0n) is 12.0. The first-order valence-electron chi connectivity index (χ1n) is 7.55. The van der Waals surface area contributed by atoms with Gasteiger partial charge in [0.2, 0.25) is 11.8 Å². The number of nitrogens with one attached hydrogen (secondary N) is 2. The number of carbonyl (C=O) groups is 2. The van der Waals surface area contributed by atoms with Crippen LogP contribution in [0.1, 0.15) is 24.8 Å². The molecule has 0 aromatic heterocycles. The van der Waals surface area contributed by atoms with E-state index >= 15 is 0 Å². The van der Waals surface area contributed by atoms with Gasteiger partial charge in [0.25, 0.3) is 0 Å². The summed E-state index contributed by atoms with van der Waals surface area (Å²) in [7, 11) is 0. The third kappa shape index (κ3) is 3.08. The van der Waals surface area contributed by atoms with Crippen LogP contribution in [0.5, 0.6) is 0 Å². The van der Waals surface area contributed by atoms with Gasteiger partial charge in [-0.1, -0.05) is 18.6 Å². The fraction of sp³-hybridized carbons (Fsp3) is 0.500. The predicted molar refractivity (Wildman–Crippen MR) is 80.6 cm³/mol. The molecule has 21 heavy (non-hydrogen) atoms. The third-order valence-electron chi connectivity index (χ3n) is 4.63. The SMILES string of the molecule is NC(=O)Cc1ccc(NC(=O)C2NCC3CCCC32)cc1. The minimum atomic E-state index is -0.353. The van der Waals surface area contributed by atoms with E-state index in [0.29, 0.717) is 11.8 Å². The van der Waals surface area contributed by atoms with E-state index in [1.807, 2.05) is 24.3 Å². The first-order chi connectivity index (χ1) is 10.1. The van der Waals surface area contributed by atoms with Gasteiger partial charge in [0, 0.05) is 5.69 Å². The summed E-state index contributed by atoms with van der Waals surface area (Å²) < 4.78 is 0. The lowest BCUT2D eigenvalue weighted by molar-refractivity contribution is -0.119. The molecule has 5 heteroatoms. The molecule has 5 nitrogen and oxygen atoms in total. The van der Waals surface area contributed by atoms with Gasteiger partial charge < -0.3 is 16.4 Å². The predicted octanol–water partition coefficient (Wildman–Crippen LogP) is 1.04. The van der Waals surface area contributed by atoms with Crippen LogP contribution in [0.2, 0.25) is 0 Å². The fourth-order valence-corrected chi connectivity index (χ4v) is 3.60. The minimum absolute atomic E-state index is 0.0482. The topological polar surface area (TPSA) is 84.2 Å². The normalized spacial score (nSPS) is 27.3. The van der Waals surface area contributed by atoms with Crippen molar-refractivity contribution in [2.45, 2.75) is 31.7 Å². The van der Waals surface area contributed by atoms with Crippen molar-refractivity contribution < 1.29 is 9.59 Å². The van der Waals surface area contributed by atoms with Crippen LogP contribution < -0.4 is 16.4 Å². The summed E-state index contributed by atoms with van der Waals surface area (Å²) in [6.45, 7) is 0.959. The molecule has 1 saturated heterocycles. The van der Waals surface area contributed by atoms with E-state index in [1.54, 1.807) is 0 Å². The molecule has 1 aliphatic carbocycles. The number of nitrogens with two attached hydrogens (primary N) is 1. The van der Waals surface area contributed by atoms with E-state index < -0.39 is 0 Å². The molecule has 1 aliphatic heterocycles. The van der Waals surface area contributed by atoms with Gasteiger partial charge in [0.15, 0.2) is 0 Å². The zero-order valence-corrected chi connectivity index (χ0v) is 12.0. The van der Waals surface area contributed by atoms with Crippen LogP contribution in [0.4, 0.5) is 5.69 Å². The van der Waals surface area contributed by atoms with Gasteiger partial charge in [-0.05, 0) is 48.9 Å². The Morgan fingerprint density at radius 3 is 2.71 bits per heavy atom. The summed E-state index contributed by atoms with van der Waals surface area (Å²) in [5, 5.41) is 6.30. The maximum atomic E-state index is 12.4. The van der Waals surface area contributed by atoms with E-state index in [-0.39, 0.29) is 24.3 Å². The van der Waals surface area contributed by atoms with Crippen molar-refractivity contribution in [2.24, 2.45) is 17.6 Å². The first kappa shape index (κ1) is 14.1. The van der Waals surface area contributed by atoms with Crippen LogP contribution in [-0.2, 0) is 16.0 Å². The summed E-state index contributed by atoms with van der Waals surface area (Å²) >= 11 is 0. The Morgan fingerprint density at radius 2 is 2.00 bits per heavy atom. The van der Waals surface area contributed by atoms with Crippen LogP contribution in [0.25, 0.3) is 0 Å². The Hall–Kier alpha value is -1.88. The number of rotatable bonds is 4. The van der Waals surface area contributed by atoms with Crippen molar-refractivity contribution in [1.29, 1.82) is 0 Å². The summed E-state index contributed by atoms with van der Waals surface area (Å²) in [4.78, 5) is 23.2. The molecule has 1 heterocycles. The number of carbonyl (C=O) groups excluding carboxylic acids is 2. The Labute approximate surface area is 124 Å². The lowest BCUT2D eigenvalue weighted by Crippen LogP contribution is -2.39. The van der Waals surface area contributed by atoms with Gasteiger partial charge in [-0.25, -0.2) is 0 Å². The Bertz CT molecular complexity index is 541. The molecule has 0 radical (unpaired) electrons. The molecule has 1 aromatic carbocycles. The van der Waals surface area contributed by atoms with Crippen LogP contribution in [0.3, 0.4) is 0 Å². The monoisotopic (exact) mass is 287 g/mol. The first-order valence-corrected chi connectivity index (χ1v) is 7.55. The van der Waals surface area contributed by atoms with Crippen LogP contribution in [-0.4, -0.2) is 24.4 Å². The third-order valence-corrected chi connectivity index (χ3v) is 4.63. The highest BCUT2D eigenvalue weighted by Crippen LogP contribution is 2.37. The van der Waals surface area contributed by atoms with Crippen molar-refractivity contribution in [3.05, 3.63) is 29.8 Å². The number of benzene rings is 1. The average molecular weight is 287 g/mol. The van der Waals surface area contributed by atoms with Crippen molar-refractivity contribution >= 4 is 17.5 Å². The lowest BCUT2D eigenvalue weighted by atomic mass is 9.93. The Morgan fingerprint density at radius 1 is 1.24 bits per heavy atom. The Kier molecular flexibility index (Phi) is 3.92. The number of hydrogen-bond donors (Lipinski definition) is 3. The van der Waals surface area contributed by atoms with Gasteiger partial charge in [-0.3, -0.25) is 9.59 Å². The number of amides is 2. The zero-order chi connectivity index (χ0) is 14.8. The molecule has 4 N–H and O–H groups in total. The molecule has 2 aliphatic rings.